The van der Waals surface area contributed by atoms with Crippen LogP contribution in [0.2, 0.25) is 0 Å². The van der Waals surface area contributed by atoms with E-state index in [2.05, 4.69) is 40.1 Å². The number of para-hydroxylation sites is 1. The van der Waals surface area contributed by atoms with Crippen LogP contribution in [0.5, 0.6) is 0 Å². The van der Waals surface area contributed by atoms with Crippen LogP contribution in [0, 0.1) is 0 Å². The van der Waals surface area contributed by atoms with Crippen molar-refractivity contribution in [2.24, 2.45) is 0 Å². The van der Waals surface area contributed by atoms with E-state index in [0.29, 0.717) is 0 Å². The maximum atomic E-state index is 10.9. The zero-order valence-electron chi connectivity index (χ0n) is 11.4. The van der Waals surface area contributed by atoms with Gasteiger partial charge in [-0.2, -0.15) is 0 Å². The van der Waals surface area contributed by atoms with Gasteiger partial charge in [0.25, 0.3) is 0 Å². The van der Waals surface area contributed by atoms with Crippen molar-refractivity contribution in [1.29, 1.82) is 0 Å². The van der Waals surface area contributed by atoms with E-state index in [1.807, 2.05) is 24.3 Å². The molecule has 1 aliphatic rings. The van der Waals surface area contributed by atoms with Crippen molar-refractivity contribution in [3.8, 4) is 0 Å². The van der Waals surface area contributed by atoms with Crippen molar-refractivity contribution >= 4 is 17.7 Å². The normalized spacial score (nSPS) is 15.2. The fourth-order valence-corrected chi connectivity index (χ4v) is 2.66. The molecule has 0 radical (unpaired) electrons. The van der Waals surface area contributed by atoms with E-state index >= 15 is 0 Å². The molecule has 20 heavy (non-hydrogen) atoms. The molecule has 3 heteroatoms. The average molecular weight is 266 g/mol. The summed E-state index contributed by atoms with van der Waals surface area (Å²) in [5.41, 5.74) is 3.17. The van der Waals surface area contributed by atoms with Gasteiger partial charge in [0.2, 0.25) is 0 Å². The van der Waals surface area contributed by atoms with E-state index in [9.17, 15) is 4.79 Å². The molecule has 0 saturated carbocycles. The fourth-order valence-electron chi connectivity index (χ4n) is 2.66. The van der Waals surface area contributed by atoms with Gasteiger partial charge in [-0.15, -0.1) is 0 Å². The SMILES string of the molecule is O=Cc1cccc(N2CCN(c3ccccc3)CC2)c1. The van der Waals surface area contributed by atoms with Gasteiger partial charge in [-0.1, -0.05) is 30.3 Å². The number of rotatable bonds is 3. The minimum Gasteiger partial charge on any atom is -0.368 e. The molecule has 3 nitrogen and oxygen atoms in total. The van der Waals surface area contributed by atoms with Crippen LogP contribution >= 0.6 is 0 Å². The molecule has 0 amide bonds. The van der Waals surface area contributed by atoms with E-state index in [-0.39, 0.29) is 0 Å². The Morgan fingerprint density at radius 3 is 2.00 bits per heavy atom. The van der Waals surface area contributed by atoms with Crippen molar-refractivity contribution < 1.29 is 4.79 Å². The second-order valence-corrected chi connectivity index (χ2v) is 5.02. The molecular formula is C17H18N2O. The molecule has 1 heterocycles. The Morgan fingerprint density at radius 2 is 1.35 bits per heavy atom. The van der Waals surface area contributed by atoms with Gasteiger partial charge in [0.05, 0.1) is 0 Å². The predicted octanol–water partition coefficient (Wildman–Crippen LogP) is 2.83. The monoisotopic (exact) mass is 266 g/mol. The van der Waals surface area contributed by atoms with Crippen molar-refractivity contribution in [3.63, 3.8) is 0 Å². The number of carbonyl (C=O) groups is 1. The van der Waals surface area contributed by atoms with Crippen LogP contribution in [0.4, 0.5) is 11.4 Å². The molecule has 0 aromatic heterocycles. The first-order valence-corrected chi connectivity index (χ1v) is 6.97. The Labute approximate surface area is 119 Å². The molecule has 1 fully saturated rings. The minimum atomic E-state index is 0.744. The average Bonchev–Trinajstić information content (AvgIpc) is 2.56. The summed E-state index contributed by atoms with van der Waals surface area (Å²) in [5.74, 6) is 0. The lowest BCUT2D eigenvalue weighted by Gasteiger charge is -2.37. The number of piperazine rings is 1. The Morgan fingerprint density at radius 1 is 0.750 bits per heavy atom. The van der Waals surface area contributed by atoms with E-state index in [0.717, 1.165) is 43.7 Å². The van der Waals surface area contributed by atoms with Crippen LogP contribution in [0.15, 0.2) is 54.6 Å². The second kappa shape index (κ2) is 5.78. The summed E-state index contributed by atoms with van der Waals surface area (Å²) in [5, 5.41) is 0. The van der Waals surface area contributed by atoms with E-state index in [1.54, 1.807) is 0 Å². The zero-order valence-corrected chi connectivity index (χ0v) is 11.4. The maximum absolute atomic E-state index is 10.9. The molecule has 102 valence electrons. The van der Waals surface area contributed by atoms with Gasteiger partial charge in [-0.25, -0.2) is 0 Å². The van der Waals surface area contributed by atoms with Crippen LogP contribution in [0.25, 0.3) is 0 Å². The summed E-state index contributed by atoms with van der Waals surface area (Å²) >= 11 is 0. The van der Waals surface area contributed by atoms with E-state index in [1.165, 1.54) is 5.69 Å². The summed E-state index contributed by atoms with van der Waals surface area (Å²) in [4.78, 5) is 15.6. The van der Waals surface area contributed by atoms with E-state index < -0.39 is 0 Å². The van der Waals surface area contributed by atoms with Gasteiger partial charge < -0.3 is 9.80 Å². The molecule has 1 aliphatic heterocycles. The van der Waals surface area contributed by atoms with Crippen molar-refractivity contribution in [1.82, 2.24) is 0 Å². The molecule has 2 aromatic rings. The highest BCUT2D eigenvalue weighted by Crippen LogP contribution is 2.20. The number of carbonyl (C=O) groups excluding carboxylic acids is 1. The summed E-state index contributed by atoms with van der Waals surface area (Å²) in [6, 6.07) is 18.3. The Bertz CT molecular complexity index is 575. The highest BCUT2D eigenvalue weighted by Gasteiger charge is 2.17. The molecular weight excluding hydrogens is 248 g/mol. The largest absolute Gasteiger partial charge is 0.368 e. The standard InChI is InChI=1S/C17H18N2O/c20-14-15-5-4-8-17(13-15)19-11-9-18(10-12-19)16-6-2-1-3-7-16/h1-8,13-14H,9-12H2. The molecule has 0 spiro atoms. The first kappa shape index (κ1) is 12.7. The lowest BCUT2D eigenvalue weighted by Crippen LogP contribution is -2.46. The number of nitrogens with zero attached hydrogens (tertiary/aromatic N) is 2. The van der Waals surface area contributed by atoms with Gasteiger partial charge in [0, 0.05) is 43.1 Å². The number of hydrogen-bond acceptors (Lipinski definition) is 3. The van der Waals surface area contributed by atoms with Crippen molar-refractivity contribution in [2.75, 3.05) is 36.0 Å². The molecule has 3 rings (SSSR count). The third-order valence-electron chi connectivity index (χ3n) is 3.77. The first-order chi connectivity index (χ1) is 9.86. The van der Waals surface area contributed by atoms with Gasteiger partial charge in [0.15, 0.2) is 0 Å². The van der Waals surface area contributed by atoms with Crippen LogP contribution in [0.1, 0.15) is 10.4 Å². The number of benzene rings is 2. The van der Waals surface area contributed by atoms with Crippen molar-refractivity contribution in [2.45, 2.75) is 0 Å². The molecule has 1 saturated heterocycles. The molecule has 0 bridgehead atoms. The minimum absolute atomic E-state index is 0.744. The van der Waals surface area contributed by atoms with Crippen molar-refractivity contribution in [3.05, 3.63) is 60.2 Å². The van der Waals surface area contributed by atoms with Crippen LogP contribution in [-0.4, -0.2) is 32.5 Å². The summed E-state index contributed by atoms with van der Waals surface area (Å²) < 4.78 is 0. The summed E-state index contributed by atoms with van der Waals surface area (Å²) in [6.45, 7) is 3.99. The third kappa shape index (κ3) is 2.67. The van der Waals surface area contributed by atoms with Gasteiger partial charge in [-0.05, 0) is 24.3 Å². The van der Waals surface area contributed by atoms with Gasteiger partial charge in [0.1, 0.15) is 6.29 Å². The number of anilines is 2. The lowest BCUT2D eigenvalue weighted by molar-refractivity contribution is 0.112. The number of hydrogen-bond donors (Lipinski definition) is 0. The van der Waals surface area contributed by atoms with Gasteiger partial charge >= 0.3 is 0 Å². The molecule has 0 N–H and O–H groups in total. The van der Waals surface area contributed by atoms with Crippen LogP contribution in [-0.2, 0) is 0 Å². The van der Waals surface area contributed by atoms with Crippen LogP contribution in [0.3, 0.4) is 0 Å². The summed E-state index contributed by atoms with van der Waals surface area (Å²) in [7, 11) is 0. The third-order valence-corrected chi connectivity index (χ3v) is 3.77. The Balaban J connectivity index is 1.68. The molecule has 0 aliphatic carbocycles. The molecule has 0 unspecified atom stereocenters. The number of aldehydes is 1. The highest BCUT2D eigenvalue weighted by atomic mass is 16.1. The Kier molecular flexibility index (Phi) is 3.68. The topological polar surface area (TPSA) is 23.6 Å². The molecule has 2 aromatic carbocycles. The van der Waals surface area contributed by atoms with Gasteiger partial charge in [-0.3, -0.25) is 4.79 Å². The quantitative estimate of drug-likeness (QED) is 0.798. The molecule has 0 atom stereocenters. The maximum Gasteiger partial charge on any atom is 0.150 e. The zero-order chi connectivity index (χ0) is 13.8. The van der Waals surface area contributed by atoms with Crippen LogP contribution < -0.4 is 9.80 Å². The first-order valence-electron chi connectivity index (χ1n) is 6.97. The van der Waals surface area contributed by atoms with E-state index in [4.69, 9.17) is 0 Å². The Hall–Kier alpha value is -2.29. The predicted molar refractivity (Wildman–Crippen MR) is 82.7 cm³/mol. The summed E-state index contributed by atoms with van der Waals surface area (Å²) in [6.07, 6.45) is 0.906. The second-order valence-electron chi connectivity index (χ2n) is 5.02. The highest BCUT2D eigenvalue weighted by molar-refractivity contribution is 5.77. The lowest BCUT2D eigenvalue weighted by atomic mass is 10.2. The smallest absolute Gasteiger partial charge is 0.150 e. The fraction of sp³-hybridized carbons (Fsp3) is 0.235.